The molecule has 0 saturated heterocycles. The molecule has 0 radical (unpaired) electrons. The molecule has 0 aliphatic heterocycles. The maximum absolute atomic E-state index is 13.0. The summed E-state index contributed by atoms with van der Waals surface area (Å²) in [5.74, 6) is 0. The van der Waals surface area contributed by atoms with Crippen LogP contribution in [0, 0.1) is 0 Å². The lowest BCUT2D eigenvalue weighted by molar-refractivity contribution is -0.137. The minimum Gasteiger partial charge on any atom is -0.378 e. The topological polar surface area (TPSA) is 38.0 Å². The van der Waals surface area contributed by atoms with Crippen LogP contribution in [0.1, 0.15) is 31.2 Å². The van der Waals surface area contributed by atoms with Gasteiger partial charge in [0, 0.05) is 22.2 Å². The van der Waals surface area contributed by atoms with Crippen molar-refractivity contribution in [1.82, 2.24) is 0 Å². The third-order valence-electron chi connectivity index (χ3n) is 3.64. The van der Waals surface area contributed by atoms with Crippen molar-refractivity contribution < 1.29 is 13.2 Å². The van der Waals surface area contributed by atoms with Crippen molar-refractivity contribution in [3.63, 3.8) is 0 Å². The van der Waals surface area contributed by atoms with E-state index in [-0.39, 0.29) is 5.69 Å². The van der Waals surface area contributed by atoms with Gasteiger partial charge < -0.3 is 11.1 Å². The smallest absolute Gasteiger partial charge is 0.378 e. The van der Waals surface area contributed by atoms with Crippen LogP contribution in [0.15, 0.2) is 22.7 Å². The minimum atomic E-state index is -4.36. The molecule has 0 amide bonds. The summed E-state index contributed by atoms with van der Waals surface area (Å²) in [5, 5.41) is 3.05. The van der Waals surface area contributed by atoms with E-state index >= 15 is 0 Å². The van der Waals surface area contributed by atoms with Crippen molar-refractivity contribution in [3.05, 3.63) is 28.2 Å². The quantitative estimate of drug-likeness (QED) is 0.870. The summed E-state index contributed by atoms with van der Waals surface area (Å²) in [6.07, 6.45) is -0.739. The fraction of sp³-hybridized carbons (Fsp3) is 0.538. The molecule has 1 aliphatic carbocycles. The highest BCUT2D eigenvalue weighted by Gasteiger charge is 2.37. The molecule has 106 valence electrons. The third-order valence-corrected chi connectivity index (χ3v) is 4.13. The number of nitrogens with one attached hydrogen (secondary N) is 1. The van der Waals surface area contributed by atoms with Crippen LogP contribution in [0.25, 0.3) is 0 Å². The molecule has 1 aromatic carbocycles. The average molecular weight is 337 g/mol. The number of hydrogen-bond donors (Lipinski definition) is 2. The van der Waals surface area contributed by atoms with Gasteiger partial charge in [-0.3, -0.25) is 0 Å². The Morgan fingerprint density at radius 1 is 1.26 bits per heavy atom. The molecule has 2 rings (SSSR count). The Balaban J connectivity index is 2.35. The van der Waals surface area contributed by atoms with Gasteiger partial charge in [0.25, 0.3) is 0 Å². The van der Waals surface area contributed by atoms with Crippen molar-refractivity contribution >= 4 is 21.6 Å². The first-order valence-corrected chi connectivity index (χ1v) is 7.01. The van der Waals surface area contributed by atoms with Gasteiger partial charge in [-0.1, -0.05) is 28.8 Å². The molecule has 1 saturated carbocycles. The van der Waals surface area contributed by atoms with Crippen LogP contribution < -0.4 is 11.1 Å². The van der Waals surface area contributed by atoms with Crippen LogP contribution >= 0.6 is 15.9 Å². The van der Waals surface area contributed by atoms with E-state index in [1.165, 1.54) is 12.1 Å². The lowest BCUT2D eigenvalue weighted by atomic mass is 9.96. The Hall–Kier alpha value is -0.750. The second-order valence-electron chi connectivity index (χ2n) is 5.00. The molecule has 2 nitrogen and oxygen atoms in total. The average Bonchev–Trinajstić information content (AvgIpc) is 2.76. The molecule has 0 atom stereocenters. The van der Waals surface area contributed by atoms with Gasteiger partial charge in [0.05, 0.1) is 5.56 Å². The molecule has 19 heavy (non-hydrogen) atoms. The molecule has 3 N–H and O–H groups in total. The molecule has 0 unspecified atom stereocenters. The first-order chi connectivity index (χ1) is 8.86. The van der Waals surface area contributed by atoms with Gasteiger partial charge in [0.15, 0.2) is 0 Å². The number of anilines is 1. The Kier molecular flexibility index (Phi) is 4.11. The molecule has 0 aromatic heterocycles. The summed E-state index contributed by atoms with van der Waals surface area (Å²) in [6, 6.07) is 3.96. The van der Waals surface area contributed by atoms with Crippen molar-refractivity contribution in [3.8, 4) is 0 Å². The van der Waals surface area contributed by atoms with Crippen LogP contribution in [-0.4, -0.2) is 12.1 Å². The van der Waals surface area contributed by atoms with Crippen LogP contribution in [0.5, 0.6) is 0 Å². The van der Waals surface area contributed by atoms with E-state index in [1.807, 2.05) is 0 Å². The number of hydrogen-bond acceptors (Lipinski definition) is 2. The minimum absolute atomic E-state index is 0.106. The Bertz CT molecular complexity index is 454. The van der Waals surface area contributed by atoms with Gasteiger partial charge in [-0.2, -0.15) is 13.2 Å². The van der Waals surface area contributed by atoms with E-state index < -0.39 is 17.3 Å². The Labute approximate surface area is 118 Å². The normalized spacial score (nSPS) is 18.6. The van der Waals surface area contributed by atoms with E-state index in [0.717, 1.165) is 31.7 Å². The zero-order valence-corrected chi connectivity index (χ0v) is 11.9. The second kappa shape index (κ2) is 5.32. The molecule has 0 spiro atoms. The highest BCUT2D eigenvalue weighted by molar-refractivity contribution is 9.10. The van der Waals surface area contributed by atoms with Crippen molar-refractivity contribution in [2.24, 2.45) is 5.73 Å². The molecule has 0 heterocycles. The van der Waals surface area contributed by atoms with Crippen molar-refractivity contribution in [1.29, 1.82) is 0 Å². The van der Waals surface area contributed by atoms with Gasteiger partial charge >= 0.3 is 6.18 Å². The van der Waals surface area contributed by atoms with Gasteiger partial charge in [-0.05, 0) is 31.0 Å². The largest absolute Gasteiger partial charge is 0.418 e. The first-order valence-electron chi connectivity index (χ1n) is 6.21. The first kappa shape index (κ1) is 14.7. The fourth-order valence-electron chi connectivity index (χ4n) is 2.58. The van der Waals surface area contributed by atoms with Crippen LogP contribution in [0.4, 0.5) is 18.9 Å². The standard InChI is InChI=1S/C13H16BrF3N2/c14-9-3-4-10(13(15,16)17)11(7-9)19-12(8-18)5-1-2-6-12/h3-4,7,19H,1-2,5-6,8,18H2. The zero-order valence-electron chi connectivity index (χ0n) is 10.4. The molecule has 1 aromatic rings. The fourth-order valence-corrected chi connectivity index (χ4v) is 2.95. The third kappa shape index (κ3) is 3.23. The number of nitrogens with two attached hydrogens (primary N) is 1. The summed E-state index contributed by atoms with van der Waals surface area (Å²) in [5.41, 5.74) is 4.82. The number of alkyl halides is 3. The van der Waals surface area contributed by atoms with E-state index in [4.69, 9.17) is 5.73 Å². The maximum atomic E-state index is 13.0. The SMILES string of the molecule is NCC1(Nc2cc(Br)ccc2C(F)(F)F)CCCC1. The van der Waals surface area contributed by atoms with E-state index in [2.05, 4.69) is 21.2 Å². The van der Waals surface area contributed by atoms with E-state index in [9.17, 15) is 13.2 Å². The summed E-state index contributed by atoms with van der Waals surface area (Å²) >= 11 is 3.21. The van der Waals surface area contributed by atoms with Gasteiger partial charge in [-0.25, -0.2) is 0 Å². The summed E-state index contributed by atoms with van der Waals surface area (Å²) in [6.45, 7) is 0.344. The van der Waals surface area contributed by atoms with Gasteiger partial charge in [0.1, 0.15) is 0 Å². The number of benzene rings is 1. The lowest BCUT2D eigenvalue weighted by Gasteiger charge is -2.31. The number of rotatable bonds is 3. The summed E-state index contributed by atoms with van der Waals surface area (Å²) in [7, 11) is 0. The van der Waals surface area contributed by atoms with E-state index in [1.54, 1.807) is 0 Å². The molecule has 1 fully saturated rings. The van der Waals surface area contributed by atoms with Crippen molar-refractivity contribution in [2.75, 3.05) is 11.9 Å². The van der Waals surface area contributed by atoms with Crippen molar-refractivity contribution in [2.45, 2.75) is 37.4 Å². The predicted octanol–water partition coefficient (Wildman–Crippen LogP) is 4.15. The summed E-state index contributed by atoms with van der Waals surface area (Å²) in [4.78, 5) is 0. The predicted molar refractivity (Wildman–Crippen MR) is 73.0 cm³/mol. The highest BCUT2D eigenvalue weighted by Crippen LogP contribution is 2.40. The van der Waals surface area contributed by atoms with Gasteiger partial charge in [0.2, 0.25) is 0 Å². The maximum Gasteiger partial charge on any atom is 0.418 e. The molecular weight excluding hydrogens is 321 g/mol. The zero-order chi connectivity index (χ0) is 14.1. The van der Waals surface area contributed by atoms with Crippen LogP contribution in [-0.2, 0) is 6.18 Å². The number of halogens is 4. The second-order valence-corrected chi connectivity index (χ2v) is 5.92. The van der Waals surface area contributed by atoms with Gasteiger partial charge in [-0.15, -0.1) is 0 Å². The summed E-state index contributed by atoms with van der Waals surface area (Å²) < 4.78 is 39.6. The lowest BCUT2D eigenvalue weighted by Crippen LogP contribution is -2.43. The molecule has 1 aliphatic rings. The van der Waals surface area contributed by atoms with Crippen LogP contribution in [0.2, 0.25) is 0 Å². The Morgan fingerprint density at radius 3 is 2.42 bits per heavy atom. The van der Waals surface area contributed by atoms with E-state index in [0.29, 0.717) is 11.0 Å². The molecule has 6 heteroatoms. The molecule has 0 bridgehead atoms. The molecular formula is C13H16BrF3N2. The monoisotopic (exact) mass is 336 g/mol. The Morgan fingerprint density at radius 2 is 1.89 bits per heavy atom. The highest BCUT2D eigenvalue weighted by atomic mass is 79.9. The van der Waals surface area contributed by atoms with Crippen LogP contribution in [0.3, 0.4) is 0 Å².